The largest absolute Gasteiger partial charge is 0.497 e. The standard InChI is InChI=1S/C15H14O5/c1-18-8-4-2-7(3-5-8)13(16)11-10-9-6-19-15(20-9)14(17)12(10)11/h2-5,9-12,15H,6H2,1H3/t9-,10+,11+,12+,15-/m1/s1. The van der Waals surface area contributed by atoms with Crippen LogP contribution in [0, 0.1) is 17.8 Å². The van der Waals surface area contributed by atoms with Crippen LogP contribution < -0.4 is 4.74 Å². The normalized spacial score (nSPS) is 37.5. The second-order valence-corrected chi connectivity index (χ2v) is 5.46. The molecule has 5 atom stereocenters. The molecule has 1 saturated carbocycles. The molecule has 2 heterocycles. The molecule has 5 heteroatoms. The first-order chi connectivity index (χ1) is 9.70. The summed E-state index contributed by atoms with van der Waals surface area (Å²) in [6, 6.07) is 7.00. The van der Waals surface area contributed by atoms with Crippen molar-refractivity contribution in [2.75, 3.05) is 13.7 Å². The third-order valence-corrected chi connectivity index (χ3v) is 4.45. The van der Waals surface area contributed by atoms with Gasteiger partial charge in [-0.15, -0.1) is 0 Å². The van der Waals surface area contributed by atoms with Gasteiger partial charge in [0.25, 0.3) is 0 Å². The minimum atomic E-state index is -0.741. The van der Waals surface area contributed by atoms with Crippen molar-refractivity contribution in [3.63, 3.8) is 0 Å². The van der Waals surface area contributed by atoms with Crippen molar-refractivity contribution in [1.82, 2.24) is 0 Å². The van der Waals surface area contributed by atoms with E-state index in [-0.39, 0.29) is 35.4 Å². The van der Waals surface area contributed by atoms with Crippen LogP contribution in [0.15, 0.2) is 24.3 Å². The summed E-state index contributed by atoms with van der Waals surface area (Å²) in [6.45, 7) is 0.421. The molecule has 3 aliphatic rings. The molecule has 0 radical (unpaired) electrons. The van der Waals surface area contributed by atoms with E-state index in [1.54, 1.807) is 31.4 Å². The summed E-state index contributed by atoms with van der Waals surface area (Å²) < 4.78 is 15.8. The van der Waals surface area contributed by atoms with Crippen molar-refractivity contribution >= 4 is 11.6 Å². The zero-order valence-electron chi connectivity index (χ0n) is 10.9. The van der Waals surface area contributed by atoms with Gasteiger partial charge in [0, 0.05) is 23.3 Å². The molecule has 2 aliphatic heterocycles. The van der Waals surface area contributed by atoms with Crippen LogP contribution >= 0.6 is 0 Å². The third kappa shape index (κ3) is 1.57. The van der Waals surface area contributed by atoms with Crippen molar-refractivity contribution in [1.29, 1.82) is 0 Å². The van der Waals surface area contributed by atoms with E-state index >= 15 is 0 Å². The Hall–Kier alpha value is -1.72. The van der Waals surface area contributed by atoms with Gasteiger partial charge in [0.2, 0.25) is 6.29 Å². The average molecular weight is 274 g/mol. The Kier molecular flexibility index (Phi) is 2.49. The Morgan fingerprint density at radius 3 is 2.75 bits per heavy atom. The minimum absolute atomic E-state index is 0.00384. The van der Waals surface area contributed by atoms with E-state index in [9.17, 15) is 9.59 Å². The first-order valence-electron chi connectivity index (χ1n) is 6.70. The molecule has 0 amide bonds. The molecule has 0 spiro atoms. The molecule has 1 aromatic rings. The summed E-state index contributed by atoms with van der Waals surface area (Å²) in [5, 5.41) is 0. The molecule has 1 aromatic carbocycles. The predicted molar refractivity (Wildman–Crippen MR) is 67.4 cm³/mol. The summed E-state index contributed by atoms with van der Waals surface area (Å²) in [6.07, 6.45) is -0.843. The highest BCUT2D eigenvalue weighted by molar-refractivity contribution is 6.05. The number of ketones is 2. The van der Waals surface area contributed by atoms with Gasteiger partial charge in [-0.25, -0.2) is 0 Å². The van der Waals surface area contributed by atoms with E-state index in [4.69, 9.17) is 14.2 Å². The monoisotopic (exact) mass is 274 g/mol. The molecule has 2 bridgehead atoms. The second kappa shape index (κ2) is 4.14. The van der Waals surface area contributed by atoms with Crippen LogP contribution in [0.3, 0.4) is 0 Å². The number of fused-ring (bicyclic) bond motifs is 4. The molecule has 20 heavy (non-hydrogen) atoms. The zero-order chi connectivity index (χ0) is 13.9. The number of carbonyl (C=O) groups excluding carboxylic acids is 2. The maximum Gasteiger partial charge on any atom is 0.218 e. The van der Waals surface area contributed by atoms with Crippen LogP contribution in [0.5, 0.6) is 5.75 Å². The van der Waals surface area contributed by atoms with Gasteiger partial charge in [0.05, 0.1) is 19.8 Å². The van der Waals surface area contributed by atoms with Crippen LogP contribution in [0.2, 0.25) is 0 Å². The average Bonchev–Trinajstić information content (AvgIpc) is 3.09. The molecule has 0 aromatic heterocycles. The smallest absolute Gasteiger partial charge is 0.218 e. The lowest BCUT2D eigenvalue weighted by atomic mass is 10.0. The van der Waals surface area contributed by atoms with Crippen LogP contribution in [0.25, 0.3) is 0 Å². The summed E-state index contributed by atoms with van der Waals surface area (Å²) in [7, 11) is 1.58. The fraction of sp³-hybridized carbons (Fsp3) is 0.467. The molecule has 1 aliphatic carbocycles. The van der Waals surface area contributed by atoms with Gasteiger partial charge in [0.1, 0.15) is 5.75 Å². The number of ether oxygens (including phenoxy) is 3. The molecule has 2 saturated heterocycles. The molecule has 4 rings (SSSR count). The fourth-order valence-corrected chi connectivity index (χ4v) is 3.38. The Bertz CT molecular complexity index is 578. The van der Waals surface area contributed by atoms with Gasteiger partial charge in [0.15, 0.2) is 11.6 Å². The van der Waals surface area contributed by atoms with Crippen molar-refractivity contribution in [3.8, 4) is 5.75 Å². The van der Waals surface area contributed by atoms with E-state index in [1.807, 2.05) is 0 Å². The zero-order valence-corrected chi connectivity index (χ0v) is 10.9. The van der Waals surface area contributed by atoms with E-state index in [2.05, 4.69) is 0 Å². The Labute approximate surface area is 115 Å². The Morgan fingerprint density at radius 2 is 2.05 bits per heavy atom. The lowest BCUT2D eigenvalue weighted by Crippen LogP contribution is -2.30. The van der Waals surface area contributed by atoms with Crippen molar-refractivity contribution in [2.24, 2.45) is 17.8 Å². The van der Waals surface area contributed by atoms with Gasteiger partial charge in [-0.3, -0.25) is 9.59 Å². The number of carbonyl (C=O) groups is 2. The van der Waals surface area contributed by atoms with E-state index in [0.717, 1.165) is 0 Å². The summed E-state index contributed by atoms with van der Waals surface area (Å²) in [4.78, 5) is 24.6. The molecule has 0 N–H and O–H groups in total. The SMILES string of the molecule is COc1ccc(C(=O)[C@@H]2[C@H]3C(=O)[C@@H]4OC[C@@H](O4)[C@@H]23)cc1. The van der Waals surface area contributed by atoms with E-state index in [1.165, 1.54) is 0 Å². The van der Waals surface area contributed by atoms with Gasteiger partial charge >= 0.3 is 0 Å². The van der Waals surface area contributed by atoms with Gasteiger partial charge in [-0.1, -0.05) is 0 Å². The first kappa shape index (κ1) is 12.1. The number of hydrogen-bond acceptors (Lipinski definition) is 5. The molecule has 0 unspecified atom stereocenters. The molecule has 104 valence electrons. The Balaban J connectivity index is 1.57. The summed E-state index contributed by atoms with van der Waals surface area (Å²) >= 11 is 0. The van der Waals surface area contributed by atoms with Crippen molar-refractivity contribution < 1.29 is 23.8 Å². The highest BCUT2D eigenvalue weighted by Gasteiger charge is 2.68. The maximum absolute atomic E-state index is 12.5. The second-order valence-electron chi connectivity index (χ2n) is 5.46. The van der Waals surface area contributed by atoms with Crippen LogP contribution in [-0.4, -0.2) is 37.7 Å². The van der Waals surface area contributed by atoms with Crippen LogP contribution in [0.1, 0.15) is 10.4 Å². The Morgan fingerprint density at radius 1 is 1.30 bits per heavy atom. The topological polar surface area (TPSA) is 61.8 Å². The predicted octanol–water partition coefficient (Wildman–Crippen LogP) is 1.06. The lowest BCUT2D eigenvalue weighted by molar-refractivity contribution is -0.153. The first-order valence-corrected chi connectivity index (χ1v) is 6.70. The number of methoxy groups -OCH3 is 1. The minimum Gasteiger partial charge on any atom is -0.497 e. The number of Topliss-reactive ketones (excluding diaryl/α,β-unsaturated/α-hetero) is 2. The van der Waals surface area contributed by atoms with E-state index in [0.29, 0.717) is 17.9 Å². The number of hydrogen-bond donors (Lipinski definition) is 0. The van der Waals surface area contributed by atoms with Gasteiger partial charge in [-0.2, -0.15) is 0 Å². The highest BCUT2D eigenvalue weighted by Crippen LogP contribution is 2.57. The maximum atomic E-state index is 12.5. The van der Waals surface area contributed by atoms with Crippen molar-refractivity contribution in [3.05, 3.63) is 29.8 Å². The lowest BCUT2D eigenvalue weighted by Gasteiger charge is -2.14. The number of rotatable bonds is 3. The van der Waals surface area contributed by atoms with Gasteiger partial charge in [-0.05, 0) is 24.3 Å². The highest BCUT2D eigenvalue weighted by atomic mass is 16.7. The van der Waals surface area contributed by atoms with Gasteiger partial charge < -0.3 is 14.2 Å². The fourth-order valence-electron chi connectivity index (χ4n) is 3.38. The molecule has 5 nitrogen and oxygen atoms in total. The third-order valence-electron chi connectivity index (χ3n) is 4.45. The van der Waals surface area contributed by atoms with E-state index < -0.39 is 6.29 Å². The molecular weight excluding hydrogens is 260 g/mol. The van der Waals surface area contributed by atoms with Crippen molar-refractivity contribution in [2.45, 2.75) is 12.4 Å². The van der Waals surface area contributed by atoms with Crippen LogP contribution in [-0.2, 0) is 14.3 Å². The molecule has 3 fully saturated rings. The summed E-state index contributed by atoms with van der Waals surface area (Å²) in [5.41, 5.74) is 0.620. The van der Waals surface area contributed by atoms with Crippen LogP contribution in [0.4, 0.5) is 0 Å². The molecular formula is C15H14O5. The number of benzene rings is 1. The quantitative estimate of drug-likeness (QED) is 0.771. The summed E-state index contributed by atoms with van der Waals surface area (Å²) in [5.74, 6) is 0.200.